The quantitative estimate of drug-likeness (QED) is 0.192. The van der Waals surface area contributed by atoms with Crippen molar-refractivity contribution < 1.29 is 51.5 Å². The molecule has 0 spiro atoms. The Bertz CT molecular complexity index is 1340. The van der Waals surface area contributed by atoms with Crippen molar-refractivity contribution in [1.82, 2.24) is 0 Å². The maximum atomic E-state index is 11.6. The number of hydrogen-bond donors (Lipinski definition) is 3. The van der Waals surface area contributed by atoms with Crippen LogP contribution in [0.2, 0.25) is 0 Å². The average Bonchev–Trinajstić information content (AvgIpc) is 3.18. The number of allylic oxidation sites excluding steroid dienone is 1. The molecule has 0 heterocycles. The summed E-state index contributed by atoms with van der Waals surface area (Å²) in [6.07, 6.45) is 7.59. The second-order valence-corrected chi connectivity index (χ2v) is 16.9. The standard InChI is InChI=1S/C27H46O12S3/c1-17(16-37-40(28,29)30)6-5-7-18(2)21-10-11-22-20-9-8-19-14-24(38-41(31,32)33)25(39-42(34,35)36)15-27(19,4)23(20)12-13-26(21,22)3/h8,17-18,20-25H,5-7,9-16H2,1-4H3,(H,28,29,30)(H,31,32,33)(H,34,35,36)/t17?,18-,20?,21-,22+,23+,24+,25+,26-,27+/m1/s1. The molecule has 0 aliphatic heterocycles. The van der Waals surface area contributed by atoms with Crippen LogP contribution < -0.4 is 0 Å². The number of fused-ring (bicyclic) bond motifs is 5. The molecule has 244 valence electrons. The molecule has 3 fully saturated rings. The van der Waals surface area contributed by atoms with Gasteiger partial charge in [0.25, 0.3) is 0 Å². The fourth-order valence-electron chi connectivity index (χ4n) is 9.41. The van der Waals surface area contributed by atoms with Crippen LogP contribution in [0, 0.1) is 46.3 Å². The molecule has 0 radical (unpaired) electrons. The summed E-state index contributed by atoms with van der Waals surface area (Å²) in [6.45, 7) is 8.66. The van der Waals surface area contributed by atoms with E-state index in [9.17, 15) is 34.4 Å². The third-order valence-corrected chi connectivity index (χ3v) is 12.6. The Morgan fingerprint density at radius 3 is 2.14 bits per heavy atom. The molecule has 0 aromatic carbocycles. The van der Waals surface area contributed by atoms with Gasteiger partial charge in [-0.2, -0.15) is 25.3 Å². The normalized spacial score (nSPS) is 38.6. The largest absolute Gasteiger partial charge is 0.397 e. The van der Waals surface area contributed by atoms with Crippen molar-refractivity contribution in [2.45, 2.75) is 104 Å². The first-order valence-corrected chi connectivity index (χ1v) is 18.9. The van der Waals surface area contributed by atoms with Gasteiger partial charge in [0, 0.05) is 0 Å². The zero-order valence-electron chi connectivity index (χ0n) is 24.7. The molecule has 0 aromatic rings. The van der Waals surface area contributed by atoms with Crippen molar-refractivity contribution in [2.24, 2.45) is 46.3 Å². The second kappa shape index (κ2) is 12.3. The third-order valence-electron chi connectivity index (χ3n) is 11.2. The molecule has 0 aromatic heterocycles. The Morgan fingerprint density at radius 1 is 0.881 bits per heavy atom. The Hall–Kier alpha value is -0.650. The van der Waals surface area contributed by atoms with Gasteiger partial charge in [0.15, 0.2) is 0 Å². The molecule has 2 unspecified atom stereocenters. The minimum absolute atomic E-state index is 0.0112. The predicted molar refractivity (Wildman–Crippen MR) is 153 cm³/mol. The average molecular weight is 659 g/mol. The van der Waals surface area contributed by atoms with Gasteiger partial charge >= 0.3 is 31.2 Å². The van der Waals surface area contributed by atoms with Gasteiger partial charge in [-0.05, 0) is 97.7 Å². The van der Waals surface area contributed by atoms with Crippen molar-refractivity contribution in [3.05, 3.63) is 11.6 Å². The summed E-state index contributed by atoms with van der Waals surface area (Å²) in [7, 11) is -14.2. The lowest BCUT2D eigenvalue weighted by Gasteiger charge is -2.59. The van der Waals surface area contributed by atoms with Crippen molar-refractivity contribution >= 4 is 31.2 Å². The summed E-state index contributed by atoms with van der Waals surface area (Å²) in [5.74, 6) is 2.12. The van der Waals surface area contributed by atoms with Gasteiger partial charge in [0.05, 0.1) is 6.61 Å². The Kier molecular flexibility index (Phi) is 10.0. The van der Waals surface area contributed by atoms with E-state index in [0.717, 1.165) is 56.9 Å². The minimum Gasteiger partial charge on any atom is -0.264 e. The molecular weight excluding hydrogens is 612 g/mol. The number of rotatable bonds is 12. The summed E-state index contributed by atoms with van der Waals surface area (Å²) in [6, 6.07) is 0. The van der Waals surface area contributed by atoms with E-state index >= 15 is 0 Å². The highest BCUT2D eigenvalue weighted by Crippen LogP contribution is 2.67. The van der Waals surface area contributed by atoms with Crippen LogP contribution in [-0.4, -0.2) is 57.7 Å². The fraction of sp³-hybridized carbons (Fsp3) is 0.926. The third kappa shape index (κ3) is 7.76. The smallest absolute Gasteiger partial charge is 0.264 e. The molecule has 12 nitrogen and oxygen atoms in total. The van der Waals surface area contributed by atoms with Crippen molar-refractivity contribution in [2.75, 3.05) is 6.61 Å². The molecule has 0 bridgehead atoms. The van der Waals surface area contributed by atoms with E-state index in [1.165, 1.54) is 0 Å². The molecule has 0 amide bonds. The lowest BCUT2D eigenvalue weighted by atomic mass is 9.46. The minimum atomic E-state index is -4.89. The van der Waals surface area contributed by atoms with Crippen LogP contribution in [0.3, 0.4) is 0 Å². The van der Waals surface area contributed by atoms with E-state index in [0.29, 0.717) is 23.7 Å². The van der Waals surface area contributed by atoms with E-state index in [4.69, 9.17) is 12.9 Å². The van der Waals surface area contributed by atoms with Crippen LogP contribution in [-0.2, 0) is 43.7 Å². The highest BCUT2D eigenvalue weighted by molar-refractivity contribution is 7.81. The Labute approximate surface area is 250 Å². The first kappa shape index (κ1) is 34.2. The molecule has 4 rings (SSSR count). The van der Waals surface area contributed by atoms with Gasteiger partial charge in [-0.25, -0.2) is 12.5 Å². The highest BCUT2D eigenvalue weighted by atomic mass is 32.3. The molecule has 0 saturated heterocycles. The monoisotopic (exact) mass is 658 g/mol. The maximum Gasteiger partial charge on any atom is 0.397 e. The lowest BCUT2D eigenvalue weighted by molar-refractivity contribution is -0.0793. The molecule has 42 heavy (non-hydrogen) atoms. The van der Waals surface area contributed by atoms with Crippen molar-refractivity contribution in [1.29, 1.82) is 0 Å². The van der Waals surface area contributed by atoms with Gasteiger partial charge < -0.3 is 0 Å². The first-order valence-electron chi connectivity index (χ1n) is 14.8. The molecule has 3 N–H and O–H groups in total. The summed E-state index contributed by atoms with van der Waals surface area (Å²) in [5.41, 5.74) is 0.659. The topological polar surface area (TPSA) is 191 Å². The van der Waals surface area contributed by atoms with E-state index < -0.39 is 48.8 Å². The lowest BCUT2D eigenvalue weighted by Crippen LogP contribution is -2.54. The van der Waals surface area contributed by atoms with Gasteiger partial charge in [0.1, 0.15) is 12.2 Å². The Balaban J connectivity index is 1.45. The van der Waals surface area contributed by atoms with Crippen molar-refractivity contribution in [3.63, 3.8) is 0 Å². The highest BCUT2D eigenvalue weighted by Gasteiger charge is 2.60. The van der Waals surface area contributed by atoms with E-state index in [1.54, 1.807) is 0 Å². The van der Waals surface area contributed by atoms with Gasteiger partial charge in [-0.15, -0.1) is 0 Å². The van der Waals surface area contributed by atoms with E-state index in [2.05, 4.69) is 31.0 Å². The Morgan fingerprint density at radius 2 is 1.52 bits per heavy atom. The van der Waals surface area contributed by atoms with Gasteiger partial charge in [-0.1, -0.05) is 52.2 Å². The van der Waals surface area contributed by atoms with Crippen molar-refractivity contribution in [3.8, 4) is 0 Å². The fourth-order valence-corrected chi connectivity index (χ4v) is 10.8. The van der Waals surface area contributed by atoms with Crippen LogP contribution in [0.25, 0.3) is 0 Å². The molecule has 10 atom stereocenters. The first-order chi connectivity index (χ1) is 19.2. The van der Waals surface area contributed by atoms with Crippen LogP contribution in [0.5, 0.6) is 0 Å². The molecule has 4 aliphatic rings. The molecule has 15 heteroatoms. The molecule has 3 saturated carbocycles. The predicted octanol–water partition coefficient (Wildman–Crippen LogP) is 4.81. The van der Waals surface area contributed by atoms with Gasteiger partial charge in [-0.3, -0.25) is 13.7 Å². The van der Waals surface area contributed by atoms with Crippen LogP contribution in [0.1, 0.15) is 91.9 Å². The van der Waals surface area contributed by atoms with Crippen LogP contribution in [0.4, 0.5) is 0 Å². The van der Waals surface area contributed by atoms with E-state index in [-0.39, 0.29) is 36.7 Å². The van der Waals surface area contributed by atoms with Crippen LogP contribution in [0.15, 0.2) is 11.6 Å². The summed E-state index contributed by atoms with van der Waals surface area (Å²) in [4.78, 5) is 0. The van der Waals surface area contributed by atoms with Crippen LogP contribution >= 0.6 is 0 Å². The summed E-state index contributed by atoms with van der Waals surface area (Å²) < 4.78 is 110. The zero-order chi connectivity index (χ0) is 31.3. The zero-order valence-corrected chi connectivity index (χ0v) is 27.2. The molecule has 4 aliphatic carbocycles. The SMILES string of the molecule is CC(CCC[C@@H](C)[C@H]1CC[C@H]2C3CC=C4C[C@H](OS(=O)(=O)O)[C@@H](OS(=O)(=O)O)C[C@]4(C)[C@H]3CC[C@]12C)COS(=O)(=O)O. The second-order valence-electron chi connectivity index (χ2n) is 13.7. The summed E-state index contributed by atoms with van der Waals surface area (Å²) in [5, 5.41) is 0. The summed E-state index contributed by atoms with van der Waals surface area (Å²) >= 11 is 0. The maximum absolute atomic E-state index is 11.6. The van der Waals surface area contributed by atoms with E-state index in [1.807, 2.05) is 6.92 Å². The molecular formula is C27H46O12S3. The van der Waals surface area contributed by atoms with Gasteiger partial charge in [0.2, 0.25) is 0 Å². The number of hydrogen-bond acceptors (Lipinski definition) is 9.